The second kappa shape index (κ2) is 7.50. The maximum atomic E-state index is 14.5. The van der Waals surface area contributed by atoms with Gasteiger partial charge in [0, 0.05) is 5.56 Å². The Morgan fingerprint density at radius 2 is 1.89 bits per heavy atom. The molecule has 0 amide bonds. The van der Waals surface area contributed by atoms with E-state index in [1.54, 1.807) is 35.8 Å². The molecule has 0 aliphatic heterocycles. The van der Waals surface area contributed by atoms with Crippen molar-refractivity contribution < 1.29 is 8.91 Å². The fourth-order valence-electron chi connectivity index (χ4n) is 2.56. The van der Waals surface area contributed by atoms with Crippen LogP contribution in [0.2, 0.25) is 5.02 Å². The molecule has 0 fully saturated rings. The Balaban J connectivity index is 1.80. The number of hydrogen-bond donors (Lipinski definition) is 0. The van der Waals surface area contributed by atoms with E-state index in [-0.39, 0.29) is 5.82 Å². The van der Waals surface area contributed by atoms with Crippen molar-refractivity contribution in [3.8, 4) is 17.1 Å². The molecule has 0 aliphatic carbocycles. The normalized spacial score (nSPS) is 11.1. The van der Waals surface area contributed by atoms with E-state index in [4.69, 9.17) is 16.1 Å². The van der Waals surface area contributed by atoms with Gasteiger partial charge in [0.25, 0.3) is 0 Å². The largest absolute Gasteiger partial charge is 0.338 e. The number of benzene rings is 2. The summed E-state index contributed by atoms with van der Waals surface area (Å²) in [6, 6.07) is 13.7. The minimum absolute atomic E-state index is 0.335. The molecule has 0 bridgehead atoms. The van der Waals surface area contributed by atoms with E-state index < -0.39 is 0 Å². The van der Waals surface area contributed by atoms with Crippen molar-refractivity contribution >= 4 is 23.4 Å². The maximum Gasteiger partial charge on any atom is 0.237 e. The minimum Gasteiger partial charge on any atom is -0.338 e. The van der Waals surface area contributed by atoms with Gasteiger partial charge >= 0.3 is 0 Å². The van der Waals surface area contributed by atoms with Gasteiger partial charge in [-0.05, 0) is 31.2 Å². The van der Waals surface area contributed by atoms with Crippen LogP contribution in [0.3, 0.4) is 0 Å². The van der Waals surface area contributed by atoms with Crippen LogP contribution >= 0.6 is 23.4 Å². The van der Waals surface area contributed by atoms with E-state index in [0.717, 1.165) is 0 Å². The number of aryl methyl sites for hydroxylation is 1. The molecule has 2 aromatic carbocycles. The van der Waals surface area contributed by atoms with Gasteiger partial charge in [-0.25, -0.2) is 4.39 Å². The maximum absolute atomic E-state index is 14.5. The summed E-state index contributed by atoms with van der Waals surface area (Å²) < 4.78 is 21.3. The number of thioether (sulfide) groups is 1. The van der Waals surface area contributed by atoms with Gasteiger partial charge in [0.05, 0.1) is 16.5 Å². The van der Waals surface area contributed by atoms with Crippen molar-refractivity contribution in [1.82, 2.24) is 24.9 Å². The first-order valence-electron chi connectivity index (χ1n) is 8.00. The molecule has 0 N–H and O–H groups in total. The zero-order valence-corrected chi connectivity index (χ0v) is 15.7. The summed E-state index contributed by atoms with van der Waals surface area (Å²) in [6.45, 7) is 1.75. The SMILES string of the molecule is Cc1noc(CSc2nnc(-c3ccccc3Cl)n2-c2ccccc2F)n1. The van der Waals surface area contributed by atoms with Crippen molar-refractivity contribution in [3.63, 3.8) is 0 Å². The van der Waals surface area contributed by atoms with Crippen LogP contribution < -0.4 is 0 Å². The summed E-state index contributed by atoms with van der Waals surface area (Å²) in [5, 5.41) is 13.3. The third-order valence-electron chi connectivity index (χ3n) is 3.74. The van der Waals surface area contributed by atoms with Crippen molar-refractivity contribution in [2.75, 3.05) is 0 Å². The topological polar surface area (TPSA) is 69.6 Å². The summed E-state index contributed by atoms with van der Waals surface area (Å²) in [6.07, 6.45) is 0. The second-order valence-corrected chi connectivity index (χ2v) is 6.95. The van der Waals surface area contributed by atoms with Crippen LogP contribution in [-0.2, 0) is 5.75 Å². The fraction of sp³-hybridized carbons (Fsp3) is 0.111. The fourth-order valence-corrected chi connectivity index (χ4v) is 3.56. The lowest BCUT2D eigenvalue weighted by Gasteiger charge is -2.11. The molecule has 0 atom stereocenters. The van der Waals surface area contributed by atoms with E-state index in [2.05, 4.69) is 20.3 Å². The third-order valence-corrected chi connectivity index (χ3v) is 4.98. The van der Waals surface area contributed by atoms with Gasteiger partial charge in [-0.2, -0.15) is 4.98 Å². The lowest BCUT2D eigenvalue weighted by Crippen LogP contribution is -2.02. The third kappa shape index (κ3) is 3.58. The molecule has 136 valence electrons. The van der Waals surface area contributed by atoms with Crippen LogP contribution in [-0.4, -0.2) is 24.9 Å². The second-order valence-electron chi connectivity index (χ2n) is 5.60. The molecule has 0 aliphatic rings. The molecule has 0 unspecified atom stereocenters. The van der Waals surface area contributed by atoms with Gasteiger partial charge in [-0.3, -0.25) is 4.57 Å². The first-order valence-corrected chi connectivity index (χ1v) is 9.37. The molecule has 0 spiro atoms. The molecular weight excluding hydrogens is 389 g/mol. The average Bonchev–Trinajstić information content (AvgIpc) is 3.27. The van der Waals surface area contributed by atoms with E-state index in [1.807, 2.05) is 18.2 Å². The molecular formula is C18H13ClFN5OS. The Labute approximate surface area is 163 Å². The van der Waals surface area contributed by atoms with Crippen LogP contribution in [0.15, 0.2) is 58.2 Å². The van der Waals surface area contributed by atoms with Gasteiger partial charge < -0.3 is 4.52 Å². The highest BCUT2D eigenvalue weighted by atomic mass is 35.5. The summed E-state index contributed by atoms with van der Waals surface area (Å²) in [4.78, 5) is 4.17. The molecule has 0 radical (unpaired) electrons. The molecule has 6 nitrogen and oxygen atoms in total. The van der Waals surface area contributed by atoms with E-state index in [0.29, 0.717) is 44.7 Å². The lowest BCUT2D eigenvalue weighted by atomic mass is 10.2. The number of rotatable bonds is 5. The van der Waals surface area contributed by atoms with Crippen LogP contribution in [0.25, 0.3) is 17.1 Å². The van der Waals surface area contributed by atoms with Crippen LogP contribution in [0.5, 0.6) is 0 Å². The first-order chi connectivity index (χ1) is 13.1. The Morgan fingerprint density at radius 3 is 2.63 bits per heavy atom. The van der Waals surface area contributed by atoms with Crippen molar-refractivity contribution in [2.45, 2.75) is 17.8 Å². The van der Waals surface area contributed by atoms with Gasteiger partial charge in [0.15, 0.2) is 16.8 Å². The van der Waals surface area contributed by atoms with Gasteiger partial charge in [-0.15, -0.1) is 10.2 Å². The van der Waals surface area contributed by atoms with Gasteiger partial charge in [0.1, 0.15) is 5.82 Å². The van der Waals surface area contributed by atoms with Crippen molar-refractivity contribution in [3.05, 3.63) is 71.1 Å². The van der Waals surface area contributed by atoms with E-state index >= 15 is 0 Å². The predicted molar refractivity (Wildman–Crippen MR) is 100 cm³/mol. The smallest absolute Gasteiger partial charge is 0.237 e. The number of aromatic nitrogens is 5. The van der Waals surface area contributed by atoms with Crippen molar-refractivity contribution in [1.29, 1.82) is 0 Å². The van der Waals surface area contributed by atoms with Crippen molar-refractivity contribution in [2.24, 2.45) is 0 Å². The van der Waals surface area contributed by atoms with E-state index in [9.17, 15) is 4.39 Å². The Bertz CT molecular complexity index is 1100. The highest BCUT2D eigenvalue weighted by molar-refractivity contribution is 7.98. The van der Waals surface area contributed by atoms with Crippen LogP contribution in [0, 0.1) is 12.7 Å². The van der Waals surface area contributed by atoms with Gasteiger partial charge in [-0.1, -0.05) is 52.8 Å². The number of hydrogen-bond acceptors (Lipinski definition) is 6. The molecule has 4 rings (SSSR count). The lowest BCUT2D eigenvalue weighted by molar-refractivity contribution is 0.387. The molecule has 9 heteroatoms. The van der Waals surface area contributed by atoms with E-state index in [1.165, 1.54) is 17.8 Å². The highest BCUT2D eigenvalue weighted by Gasteiger charge is 2.20. The molecule has 27 heavy (non-hydrogen) atoms. The van der Waals surface area contributed by atoms with Crippen LogP contribution in [0.1, 0.15) is 11.7 Å². The Kier molecular flexibility index (Phi) is 4.91. The molecule has 0 saturated heterocycles. The minimum atomic E-state index is -0.388. The summed E-state index contributed by atoms with van der Waals surface area (Å²) >= 11 is 7.65. The molecule has 0 saturated carbocycles. The Morgan fingerprint density at radius 1 is 1.11 bits per heavy atom. The predicted octanol–water partition coefficient (Wildman–Crippen LogP) is 4.71. The standard InChI is InChI=1S/C18H13ClFN5OS/c1-11-21-16(26-24-11)10-27-18-23-22-17(12-6-2-3-7-13(12)19)25(18)15-9-5-4-8-14(15)20/h2-9H,10H2,1H3. The quantitative estimate of drug-likeness (QED) is 0.451. The van der Waals surface area contributed by atoms with Crippen LogP contribution in [0.4, 0.5) is 4.39 Å². The van der Waals surface area contributed by atoms with Gasteiger partial charge in [0.2, 0.25) is 5.89 Å². The number of para-hydroxylation sites is 1. The molecule has 2 aromatic heterocycles. The summed E-state index contributed by atoms with van der Waals surface area (Å²) in [5.74, 6) is 1.46. The summed E-state index contributed by atoms with van der Waals surface area (Å²) in [5.41, 5.74) is 0.997. The highest BCUT2D eigenvalue weighted by Crippen LogP contribution is 2.33. The number of halogens is 2. The Hall–Kier alpha value is -2.71. The number of nitrogens with zero attached hydrogens (tertiary/aromatic N) is 5. The molecule has 2 heterocycles. The summed E-state index contributed by atoms with van der Waals surface area (Å²) in [7, 11) is 0. The monoisotopic (exact) mass is 401 g/mol. The zero-order valence-electron chi connectivity index (χ0n) is 14.1. The zero-order chi connectivity index (χ0) is 18.8. The molecule has 4 aromatic rings. The first kappa shape index (κ1) is 17.7. The average molecular weight is 402 g/mol.